The van der Waals surface area contributed by atoms with Gasteiger partial charge in [0.05, 0.1) is 5.41 Å². The zero-order valence-electron chi connectivity index (χ0n) is 13.1. The Hall–Kier alpha value is -1.52. The van der Waals surface area contributed by atoms with Gasteiger partial charge in [0.15, 0.2) is 0 Å². The summed E-state index contributed by atoms with van der Waals surface area (Å²) in [4.78, 5) is 24.7. The van der Waals surface area contributed by atoms with E-state index in [9.17, 15) is 9.59 Å². The fourth-order valence-corrected chi connectivity index (χ4v) is 2.56. The Morgan fingerprint density at radius 1 is 1.29 bits per heavy atom. The highest BCUT2D eigenvalue weighted by atomic mass is 16.4. The van der Waals surface area contributed by atoms with E-state index in [0.717, 1.165) is 19.3 Å². The SMILES string of the molecule is C=CCCCCCCCNC(=O)N1CCC(C)(C(=O)O)C1. The zero-order valence-corrected chi connectivity index (χ0v) is 13.1. The number of carboxylic acids is 1. The van der Waals surface area contributed by atoms with Crippen LogP contribution in [0.3, 0.4) is 0 Å². The molecule has 1 fully saturated rings. The molecule has 1 atom stereocenters. The quantitative estimate of drug-likeness (QED) is 0.507. The van der Waals surface area contributed by atoms with Crippen LogP contribution in [-0.2, 0) is 4.79 Å². The fraction of sp³-hybridized carbons (Fsp3) is 0.750. The molecule has 120 valence electrons. The van der Waals surface area contributed by atoms with Crippen molar-refractivity contribution in [2.45, 2.75) is 51.9 Å². The Labute approximate surface area is 127 Å². The van der Waals surface area contributed by atoms with Crippen molar-refractivity contribution < 1.29 is 14.7 Å². The molecule has 0 aliphatic carbocycles. The number of amides is 2. The predicted octanol–water partition coefficient (Wildman–Crippen LogP) is 3.02. The van der Waals surface area contributed by atoms with Crippen molar-refractivity contribution in [2.24, 2.45) is 5.41 Å². The smallest absolute Gasteiger partial charge is 0.317 e. The molecule has 1 unspecified atom stereocenters. The standard InChI is InChI=1S/C16H28N2O3/c1-3-4-5-6-7-8-9-11-17-15(21)18-12-10-16(2,13-18)14(19)20/h3H,1,4-13H2,2H3,(H,17,21)(H,19,20). The van der Waals surface area contributed by atoms with Gasteiger partial charge in [-0.1, -0.05) is 25.3 Å². The molecule has 1 aliphatic heterocycles. The van der Waals surface area contributed by atoms with Crippen LogP contribution in [0, 0.1) is 5.41 Å². The average molecular weight is 296 g/mol. The summed E-state index contributed by atoms with van der Waals surface area (Å²) in [5, 5.41) is 12.0. The number of unbranched alkanes of at least 4 members (excludes halogenated alkanes) is 5. The lowest BCUT2D eigenvalue weighted by atomic mass is 9.90. The molecule has 2 N–H and O–H groups in total. The number of likely N-dealkylation sites (tertiary alicyclic amines) is 1. The van der Waals surface area contributed by atoms with E-state index >= 15 is 0 Å². The molecule has 1 saturated heterocycles. The van der Waals surface area contributed by atoms with Gasteiger partial charge in [0, 0.05) is 19.6 Å². The Bertz CT molecular complexity index is 371. The fourth-order valence-electron chi connectivity index (χ4n) is 2.56. The Kier molecular flexibility index (Phi) is 7.26. The van der Waals surface area contributed by atoms with E-state index in [4.69, 9.17) is 5.11 Å². The van der Waals surface area contributed by atoms with Crippen LogP contribution in [0.4, 0.5) is 4.79 Å². The lowest BCUT2D eigenvalue weighted by Crippen LogP contribution is -2.41. The topological polar surface area (TPSA) is 69.6 Å². The van der Waals surface area contributed by atoms with Gasteiger partial charge in [0.2, 0.25) is 0 Å². The highest BCUT2D eigenvalue weighted by Gasteiger charge is 2.42. The lowest BCUT2D eigenvalue weighted by Gasteiger charge is -2.20. The van der Waals surface area contributed by atoms with Crippen molar-refractivity contribution in [1.82, 2.24) is 10.2 Å². The third-order valence-corrected chi connectivity index (χ3v) is 4.14. The number of allylic oxidation sites excluding steroid dienone is 1. The minimum atomic E-state index is -0.822. The van der Waals surface area contributed by atoms with Crippen LogP contribution in [-0.4, -0.2) is 41.6 Å². The number of aliphatic carboxylic acids is 1. The molecule has 1 heterocycles. The van der Waals surface area contributed by atoms with Gasteiger partial charge in [0.1, 0.15) is 0 Å². The number of nitrogens with zero attached hydrogens (tertiary/aromatic N) is 1. The molecule has 0 aromatic rings. The number of carbonyl (C=O) groups is 2. The third-order valence-electron chi connectivity index (χ3n) is 4.14. The van der Waals surface area contributed by atoms with E-state index in [1.54, 1.807) is 11.8 Å². The first-order valence-electron chi connectivity index (χ1n) is 7.87. The maximum Gasteiger partial charge on any atom is 0.317 e. The van der Waals surface area contributed by atoms with Crippen molar-refractivity contribution >= 4 is 12.0 Å². The first kappa shape index (κ1) is 17.5. The predicted molar refractivity (Wildman–Crippen MR) is 83.2 cm³/mol. The van der Waals surface area contributed by atoms with Gasteiger partial charge in [-0.15, -0.1) is 6.58 Å². The molecule has 5 nitrogen and oxygen atoms in total. The second-order valence-electron chi connectivity index (χ2n) is 6.11. The second kappa shape index (κ2) is 8.70. The maximum atomic E-state index is 11.9. The molecular formula is C16H28N2O3. The lowest BCUT2D eigenvalue weighted by molar-refractivity contribution is -0.146. The van der Waals surface area contributed by atoms with Crippen LogP contribution < -0.4 is 5.32 Å². The van der Waals surface area contributed by atoms with Crippen molar-refractivity contribution in [3.63, 3.8) is 0 Å². The number of carbonyl (C=O) groups excluding carboxylic acids is 1. The maximum absolute atomic E-state index is 11.9. The third kappa shape index (κ3) is 5.78. The minimum absolute atomic E-state index is 0.133. The first-order valence-corrected chi connectivity index (χ1v) is 7.87. The van der Waals surface area contributed by atoms with Crippen LogP contribution in [0.15, 0.2) is 12.7 Å². The molecule has 0 radical (unpaired) electrons. The van der Waals surface area contributed by atoms with Crippen molar-refractivity contribution in [2.75, 3.05) is 19.6 Å². The summed E-state index contributed by atoms with van der Waals surface area (Å²) < 4.78 is 0. The van der Waals surface area contributed by atoms with E-state index in [-0.39, 0.29) is 6.03 Å². The molecule has 2 amide bonds. The second-order valence-corrected chi connectivity index (χ2v) is 6.11. The van der Waals surface area contributed by atoms with Crippen LogP contribution >= 0.6 is 0 Å². The Morgan fingerprint density at radius 3 is 2.57 bits per heavy atom. The van der Waals surface area contributed by atoms with E-state index in [0.29, 0.717) is 26.1 Å². The summed E-state index contributed by atoms with van der Waals surface area (Å²) in [5.74, 6) is -0.822. The number of nitrogens with one attached hydrogen (secondary N) is 1. The first-order chi connectivity index (χ1) is 9.99. The number of hydrogen-bond donors (Lipinski definition) is 2. The summed E-state index contributed by atoms with van der Waals surface area (Å²) >= 11 is 0. The summed E-state index contributed by atoms with van der Waals surface area (Å²) in [6.45, 7) is 6.89. The van der Waals surface area contributed by atoms with Gasteiger partial charge in [-0.25, -0.2) is 4.79 Å². The van der Waals surface area contributed by atoms with E-state index in [2.05, 4.69) is 11.9 Å². The van der Waals surface area contributed by atoms with Gasteiger partial charge in [-0.2, -0.15) is 0 Å². The van der Waals surface area contributed by atoms with Crippen LogP contribution in [0.25, 0.3) is 0 Å². The molecule has 0 bridgehead atoms. The summed E-state index contributed by atoms with van der Waals surface area (Å²) in [7, 11) is 0. The normalized spacial score (nSPS) is 21.3. The van der Waals surface area contributed by atoms with E-state index in [1.807, 2.05) is 6.08 Å². The molecule has 0 aromatic heterocycles. The highest BCUT2D eigenvalue weighted by Crippen LogP contribution is 2.29. The van der Waals surface area contributed by atoms with Gasteiger partial charge in [-0.05, 0) is 32.6 Å². The highest BCUT2D eigenvalue weighted by molar-refractivity contribution is 5.79. The van der Waals surface area contributed by atoms with Crippen molar-refractivity contribution in [3.05, 3.63) is 12.7 Å². The molecule has 0 saturated carbocycles. The van der Waals surface area contributed by atoms with Gasteiger partial charge in [-0.3, -0.25) is 4.79 Å². The van der Waals surface area contributed by atoms with Gasteiger partial charge in [0.25, 0.3) is 0 Å². The number of hydrogen-bond acceptors (Lipinski definition) is 2. The summed E-state index contributed by atoms with van der Waals surface area (Å²) in [5.41, 5.74) is -0.789. The van der Waals surface area contributed by atoms with E-state index in [1.165, 1.54) is 19.3 Å². The number of carboxylic acid groups (broad SMARTS) is 1. The van der Waals surface area contributed by atoms with Gasteiger partial charge >= 0.3 is 12.0 Å². The van der Waals surface area contributed by atoms with E-state index < -0.39 is 11.4 Å². The zero-order chi connectivity index (χ0) is 15.7. The van der Waals surface area contributed by atoms with Crippen molar-refractivity contribution in [1.29, 1.82) is 0 Å². The van der Waals surface area contributed by atoms with Crippen LogP contribution in [0.2, 0.25) is 0 Å². The number of rotatable bonds is 9. The molecule has 0 aromatic carbocycles. The minimum Gasteiger partial charge on any atom is -0.481 e. The summed E-state index contributed by atoms with van der Waals surface area (Å²) in [6.07, 6.45) is 9.23. The molecule has 0 spiro atoms. The molecular weight excluding hydrogens is 268 g/mol. The Morgan fingerprint density at radius 2 is 1.95 bits per heavy atom. The monoisotopic (exact) mass is 296 g/mol. The number of urea groups is 1. The van der Waals surface area contributed by atoms with Gasteiger partial charge < -0.3 is 15.3 Å². The molecule has 1 rings (SSSR count). The van der Waals surface area contributed by atoms with Crippen LogP contribution in [0.5, 0.6) is 0 Å². The molecule has 5 heteroatoms. The summed E-state index contributed by atoms with van der Waals surface area (Å²) in [6, 6.07) is -0.133. The van der Waals surface area contributed by atoms with Crippen molar-refractivity contribution in [3.8, 4) is 0 Å². The van der Waals surface area contributed by atoms with Crippen LogP contribution in [0.1, 0.15) is 51.9 Å². The molecule has 21 heavy (non-hydrogen) atoms. The average Bonchev–Trinajstić information content (AvgIpc) is 2.86. The Balaban J connectivity index is 2.10. The largest absolute Gasteiger partial charge is 0.481 e. The molecule has 1 aliphatic rings.